The maximum atomic E-state index is 6.52. The average molecular weight is 565 g/mol. The highest BCUT2D eigenvalue weighted by molar-refractivity contribution is 7.26. The summed E-state index contributed by atoms with van der Waals surface area (Å²) in [6.45, 7) is 8.37. The third kappa shape index (κ3) is 3.97. The SMILES string of the molecule is CC1(C)OB(c2cc(-c3nc(-c4ccc5ccccc5c4)c4ccccc4n3)c3sc4ccccc4c3c2)OC1(C)C. The first-order chi connectivity index (χ1) is 20.3. The van der Waals surface area contributed by atoms with Gasteiger partial charge in [-0.25, -0.2) is 9.97 Å². The molecule has 0 unspecified atom stereocenters. The average Bonchev–Trinajstić information content (AvgIpc) is 3.48. The third-order valence-electron chi connectivity index (χ3n) is 8.89. The van der Waals surface area contributed by atoms with E-state index in [0.717, 1.165) is 37.9 Å². The highest BCUT2D eigenvalue weighted by Gasteiger charge is 2.51. The van der Waals surface area contributed by atoms with E-state index in [1.165, 1.54) is 26.2 Å². The predicted octanol–water partition coefficient (Wildman–Crippen LogP) is 8.78. The van der Waals surface area contributed by atoms with Gasteiger partial charge in [-0.05, 0) is 68.2 Å². The van der Waals surface area contributed by atoms with E-state index in [-0.39, 0.29) is 0 Å². The molecule has 4 nitrogen and oxygen atoms in total. The lowest BCUT2D eigenvalue weighted by Gasteiger charge is -2.32. The summed E-state index contributed by atoms with van der Waals surface area (Å²) in [5, 5.41) is 5.82. The van der Waals surface area contributed by atoms with Crippen LogP contribution in [0, 0.1) is 0 Å². The van der Waals surface area contributed by atoms with Gasteiger partial charge in [0.1, 0.15) is 0 Å². The molecule has 0 atom stereocenters. The minimum atomic E-state index is -0.489. The van der Waals surface area contributed by atoms with Crippen molar-refractivity contribution in [3.8, 4) is 22.6 Å². The van der Waals surface area contributed by atoms with Crippen molar-refractivity contribution < 1.29 is 9.31 Å². The fraction of sp³-hybridized carbons (Fsp3) is 0.167. The van der Waals surface area contributed by atoms with Gasteiger partial charge in [0.05, 0.1) is 22.4 Å². The Balaban J connectivity index is 1.40. The summed E-state index contributed by atoms with van der Waals surface area (Å²) in [4.78, 5) is 10.5. The summed E-state index contributed by atoms with van der Waals surface area (Å²) < 4.78 is 15.4. The number of benzene rings is 5. The van der Waals surface area contributed by atoms with Crippen LogP contribution in [0.1, 0.15) is 27.7 Å². The molecule has 0 aliphatic carbocycles. The molecule has 7 aromatic rings. The highest BCUT2D eigenvalue weighted by atomic mass is 32.1. The zero-order valence-corrected chi connectivity index (χ0v) is 24.8. The minimum Gasteiger partial charge on any atom is -0.399 e. The molecule has 0 N–H and O–H groups in total. The van der Waals surface area contributed by atoms with Gasteiger partial charge in [-0.1, -0.05) is 78.9 Å². The molecule has 1 fully saturated rings. The van der Waals surface area contributed by atoms with Gasteiger partial charge in [0.25, 0.3) is 0 Å². The van der Waals surface area contributed by atoms with E-state index in [0.29, 0.717) is 5.82 Å². The largest absolute Gasteiger partial charge is 0.494 e. The van der Waals surface area contributed by atoms with Crippen molar-refractivity contribution in [3.63, 3.8) is 0 Å². The molecule has 0 radical (unpaired) electrons. The van der Waals surface area contributed by atoms with E-state index in [4.69, 9.17) is 19.3 Å². The maximum absolute atomic E-state index is 6.52. The van der Waals surface area contributed by atoms with Gasteiger partial charge in [0.15, 0.2) is 5.82 Å². The van der Waals surface area contributed by atoms with Crippen molar-refractivity contribution in [3.05, 3.63) is 103 Å². The van der Waals surface area contributed by atoms with Crippen LogP contribution in [0.25, 0.3) is 64.5 Å². The Bertz CT molecular complexity index is 2170. The maximum Gasteiger partial charge on any atom is 0.494 e. The number of nitrogens with zero attached hydrogens (tertiary/aromatic N) is 2. The van der Waals surface area contributed by atoms with Gasteiger partial charge in [0.2, 0.25) is 0 Å². The molecule has 5 aromatic carbocycles. The van der Waals surface area contributed by atoms with E-state index in [1.807, 2.05) is 6.07 Å². The number of fused-ring (bicyclic) bond motifs is 5. The monoisotopic (exact) mass is 564 g/mol. The van der Waals surface area contributed by atoms with Crippen molar-refractivity contribution in [1.29, 1.82) is 0 Å². The van der Waals surface area contributed by atoms with E-state index in [9.17, 15) is 0 Å². The van der Waals surface area contributed by atoms with Crippen molar-refractivity contribution in [1.82, 2.24) is 9.97 Å². The summed E-state index contributed by atoms with van der Waals surface area (Å²) >= 11 is 1.78. The van der Waals surface area contributed by atoms with Crippen LogP contribution in [0.2, 0.25) is 0 Å². The molecule has 1 aliphatic rings. The lowest BCUT2D eigenvalue weighted by molar-refractivity contribution is 0.00578. The fourth-order valence-electron chi connectivity index (χ4n) is 5.88. The molecule has 0 bridgehead atoms. The second-order valence-electron chi connectivity index (χ2n) is 12.1. The molecule has 1 aliphatic heterocycles. The van der Waals surface area contributed by atoms with Gasteiger partial charge in [0, 0.05) is 36.7 Å². The van der Waals surface area contributed by atoms with Crippen molar-refractivity contribution in [2.75, 3.05) is 0 Å². The van der Waals surface area contributed by atoms with Crippen LogP contribution in [0.3, 0.4) is 0 Å². The molecule has 0 spiro atoms. The Kier molecular flexibility index (Phi) is 5.61. The van der Waals surface area contributed by atoms with Crippen molar-refractivity contribution in [2.24, 2.45) is 0 Å². The summed E-state index contributed by atoms with van der Waals surface area (Å²) in [6, 6.07) is 36.2. The van der Waals surface area contributed by atoms with Gasteiger partial charge in [-0.2, -0.15) is 0 Å². The van der Waals surface area contributed by atoms with Gasteiger partial charge >= 0.3 is 7.12 Å². The summed E-state index contributed by atoms with van der Waals surface area (Å²) in [7, 11) is -0.489. The number of para-hydroxylation sites is 1. The van der Waals surface area contributed by atoms with Crippen LogP contribution in [0.5, 0.6) is 0 Å². The second kappa shape index (κ2) is 9.20. The van der Waals surface area contributed by atoms with Crippen LogP contribution < -0.4 is 5.46 Å². The quantitative estimate of drug-likeness (QED) is 0.201. The van der Waals surface area contributed by atoms with Crippen LogP contribution in [-0.4, -0.2) is 28.3 Å². The van der Waals surface area contributed by atoms with E-state index in [2.05, 4.69) is 125 Å². The molecule has 204 valence electrons. The molecule has 8 rings (SSSR count). The number of hydrogen-bond acceptors (Lipinski definition) is 5. The second-order valence-corrected chi connectivity index (χ2v) is 13.2. The van der Waals surface area contributed by atoms with Crippen LogP contribution in [0.15, 0.2) is 103 Å². The van der Waals surface area contributed by atoms with E-state index in [1.54, 1.807) is 11.3 Å². The number of rotatable bonds is 3. The molecule has 1 saturated heterocycles. The predicted molar refractivity (Wildman–Crippen MR) is 177 cm³/mol. The molecule has 2 aromatic heterocycles. The Morgan fingerprint density at radius 3 is 2.14 bits per heavy atom. The van der Waals surface area contributed by atoms with Crippen LogP contribution in [-0.2, 0) is 9.31 Å². The zero-order chi connectivity index (χ0) is 28.6. The Hall–Kier alpha value is -4.10. The Labute approximate surface area is 249 Å². The van der Waals surface area contributed by atoms with E-state index < -0.39 is 18.3 Å². The third-order valence-corrected chi connectivity index (χ3v) is 10.1. The fourth-order valence-corrected chi connectivity index (χ4v) is 7.08. The van der Waals surface area contributed by atoms with Gasteiger partial charge in [-0.3, -0.25) is 0 Å². The zero-order valence-electron chi connectivity index (χ0n) is 24.0. The Morgan fingerprint density at radius 2 is 1.33 bits per heavy atom. The topological polar surface area (TPSA) is 44.2 Å². The first-order valence-corrected chi connectivity index (χ1v) is 15.2. The first kappa shape index (κ1) is 25.6. The molecule has 6 heteroatoms. The van der Waals surface area contributed by atoms with Crippen LogP contribution in [0.4, 0.5) is 0 Å². The lowest BCUT2D eigenvalue weighted by atomic mass is 9.77. The number of aromatic nitrogens is 2. The van der Waals surface area contributed by atoms with Gasteiger partial charge < -0.3 is 9.31 Å². The molecule has 0 saturated carbocycles. The Morgan fingerprint density at radius 1 is 0.643 bits per heavy atom. The normalized spacial score (nSPS) is 16.2. The molecular weight excluding hydrogens is 535 g/mol. The van der Waals surface area contributed by atoms with E-state index >= 15 is 0 Å². The highest BCUT2D eigenvalue weighted by Crippen LogP contribution is 2.42. The smallest absolute Gasteiger partial charge is 0.399 e. The number of thiophene rings is 1. The molecule has 0 amide bonds. The first-order valence-electron chi connectivity index (χ1n) is 14.3. The standard InChI is InChI=1S/C36H29BN2O2S/c1-35(2)36(3,4)41-37(40-35)25-20-28-26-13-8-10-16-31(26)42-33(28)29(21-25)34-38-30-15-9-7-14-27(30)32(39-34)24-18-17-22-11-5-6-12-23(22)19-24/h5-21H,1-4H3. The number of hydrogen-bond donors (Lipinski definition) is 0. The minimum absolute atomic E-state index is 0.438. The van der Waals surface area contributed by atoms with Crippen molar-refractivity contribution in [2.45, 2.75) is 38.9 Å². The van der Waals surface area contributed by atoms with Crippen molar-refractivity contribution >= 4 is 65.8 Å². The summed E-state index contributed by atoms with van der Waals surface area (Å²) in [6.07, 6.45) is 0. The van der Waals surface area contributed by atoms with Gasteiger partial charge in [-0.15, -0.1) is 11.3 Å². The lowest BCUT2D eigenvalue weighted by Crippen LogP contribution is -2.41. The molecular formula is C36H29BN2O2S. The molecule has 42 heavy (non-hydrogen) atoms. The molecule has 3 heterocycles. The summed E-state index contributed by atoms with van der Waals surface area (Å²) in [5.41, 5.74) is 4.01. The van der Waals surface area contributed by atoms with Crippen LogP contribution >= 0.6 is 11.3 Å². The summed E-state index contributed by atoms with van der Waals surface area (Å²) in [5.74, 6) is 0.701.